The van der Waals surface area contributed by atoms with Crippen LogP contribution in [0.25, 0.3) is 0 Å². The highest BCUT2D eigenvalue weighted by molar-refractivity contribution is 7.89. The van der Waals surface area contributed by atoms with Gasteiger partial charge in [0.1, 0.15) is 0 Å². The van der Waals surface area contributed by atoms with Gasteiger partial charge in [0.2, 0.25) is 15.9 Å². The van der Waals surface area contributed by atoms with Crippen molar-refractivity contribution in [1.29, 1.82) is 0 Å². The number of nitrogens with two attached hydrogens (primary N) is 1. The molecule has 11 heteroatoms. The van der Waals surface area contributed by atoms with Crippen LogP contribution >= 0.6 is 12.4 Å². The van der Waals surface area contributed by atoms with Crippen molar-refractivity contribution in [3.8, 4) is 0 Å². The van der Waals surface area contributed by atoms with E-state index in [0.717, 1.165) is 31.0 Å². The quantitative estimate of drug-likeness (QED) is 0.572. The average Bonchev–Trinajstić information content (AvgIpc) is 2.56. The van der Waals surface area contributed by atoms with Gasteiger partial charge in [-0.3, -0.25) is 4.79 Å². The lowest BCUT2D eigenvalue weighted by atomic mass is 10.1. The predicted octanol–water partition coefficient (Wildman–Crippen LogP) is 2.04. The summed E-state index contributed by atoms with van der Waals surface area (Å²) in [5, 5.41) is 2.59. The van der Waals surface area contributed by atoms with Crippen LogP contribution in [0.1, 0.15) is 31.7 Å². The third-order valence-corrected chi connectivity index (χ3v) is 4.85. The van der Waals surface area contributed by atoms with Crippen molar-refractivity contribution in [2.45, 2.75) is 43.3 Å². The predicted molar refractivity (Wildman–Crippen MR) is 94.4 cm³/mol. The van der Waals surface area contributed by atoms with E-state index < -0.39 is 39.1 Å². The third kappa shape index (κ3) is 7.90. The van der Waals surface area contributed by atoms with Gasteiger partial charge in [-0.25, -0.2) is 13.1 Å². The number of carbonyl (C=O) groups excluding carboxylic acids is 1. The molecule has 1 rings (SSSR count). The fourth-order valence-electron chi connectivity index (χ4n) is 2.06. The number of unbranched alkanes of at least 4 members (excludes halogenated alkanes) is 1. The van der Waals surface area contributed by atoms with Gasteiger partial charge in [0.05, 0.1) is 17.0 Å². The standard InChI is InChI=1S/C15H22F3N3O3S.ClH/c1-2-3-6-12(9-19)21-14(22)10-20-25(23,24)13-7-4-5-11(8-13)15(16,17)18;/h4-5,7-8,12,20H,2-3,6,9-10,19H2,1H3,(H,21,22);1H. The van der Waals surface area contributed by atoms with E-state index in [-0.39, 0.29) is 25.0 Å². The SMILES string of the molecule is CCCCC(CN)NC(=O)CNS(=O)(=O)c1cccc(C(F)(F)F)c1.Cl. The molecule has 0 aliphatic rings. The summed E-state index contributed by atoms with van der Waals surface area (Å²) in [6.45, 7) is 1.62. The number of nitrogens with one attached hydrogen (secondary N) is 2. The van der Waals surface area contributed by atoms with Crippen LogP contribution in [0.15, 0.2) is 29.2 Å². The summed E-state index contributed by atoms with van der Waals surface area (Å²) in [7, 11) is -4.24. The fourth-order valence-corrected chi connectivity index (χ4v) is 3.09. The molecule has 0 aliphatic heterocycles. The Balaban J connectivity index is 0.00000625. The van der Waals surface area contributed by atoms with Gasteiger partial charge in [0.15, 0.2) is 0 Å². The molecule has 1 unspecified atom stereocenters. The molecule has 4 N–H and O–H groups in total. The van der Waals surface area contributed by atoms with Gasteiger partial charge in [0.25, 0.3) is 0 Å². The molecule has 1 aromatic rings. The third-order valence-electron chi connectivity index (χ3n) is 3.45. The zero-order valence-electron chi connectivity index (χ0n) is 14.2. The summed E-state index contributed by atoms with van der Waals surface area (Å²) in [5.74, 6) is -0.595. The minimum absolute atomic E-state index is 0. The summed E-state index contributed by atoms with van der Waals surface area (Å²) < 4.78 is 64.1. The lowest BCUT2D eigenvalue weighted by Crippen LogP contribution is -2.45. The van der Waals surface area contributed by atoms with Gasteiger partial charge < -0.3 is 11.1 Å². The number of hydrogen-bond acceptors (Lipinski definition) is 4. The van der Waals surface area contributed by atoms with E-state index in [0.29, 0.717) is 12.5 Å². The lowest BCUT2D eigenvalue weighted by molar-refractivity contribution is -0.137. The minimum Gasteiger partial charge on any atom is -0.351 e. The number of alkyl halides is 3. The van der Waals surface area contributed by atoms with Crippen LogP contribution < -0.4 is 15.8 Å². The molecule has 1 aromatic carbocycles. The van der Waals surface area contributed by atoms with Crippen molar-refractivity contribution < 1.29 is 26.4 Å². The molecular formula is C15H23ClF3N3O3S. The number of halogens is 4. The number of amides is 1. The molecule has 0 radical (unpaired) electrons. The summed E-state index contributed by atoms with van der Waals surface area (Å²) >= 11 is 0. The van der Waals surface area contributed by atoms with Crippen molar-refractivity contribution in [3.63, 3.8) is 0 Å². The van der Waals surface area contributed by atoms with E-state index >= 15 is 0 Å². The highest BCUT2D eigenvalue weighted by Crippen LogP contribution is 2.30. The first-order valence-electron chi connectivity index (χ1n) is 7.76. The Labute approximate surface area is 157 Å². The molecule has 150 valence electrons. The Morgan fingerprint density at radius 1 is 1.31 bits per heavy atom. The molecule has 0 fully saturated rings. The number of sulfonamides is 1. The van der Waals surface area contributed by atoms with Gasteiger partial charge in [-0.2, -0.15) is 13.2 Å². The Hall–Kier alpha value is -1.36. The molecule has 0 saturated heterocycles. The Morgan fingerprint density at radius 2 is 1.96 bits per heavy atom. The van der Waals surface area contributed by atoms with E-state index in [1.807, 2.05) is 11.6 Å². The molecule has 0 aromatic heterocycles. The first kappa shape index (κ1) is 24.6. The van der Waals surface area contributed by atoms with Crippen molar-refractivity contribution in [2.24, 2.45) is 5.73 Å². The van der Waals surface area contributed by atoms with Gasteiger partial charge in [-0.15, -0.1) is 12.4 Å². The summed E-state index contributed by atoms with van der Waals surface area (Å²) in [6.07, 6.45) is -2.21. The van der Waals surface area contributed by atoms with Crippen molar-refractivity contribution >= 4 is 28.3 Å². The fraction of sp³-hybridized carbons (Fsp3) is 0.533. The summed E-state index contributed by atoms with van der Waals surface area (Å²) in [6, 6.07) is 3.03. The Bertz CT molecular complexity index is 684. The highest BCUT2D eigenvalue weighted by atomic mass is 35.5. The van der Waals surface area contributed by atoms with Crippen LogP contribution in [0.4, 0.5) is 13.2 Å². The second kappa shape index (κ2) is 10.7. The molecule has 26 heavy (non-hydrogen) atoms. The van der Waals surface area contributed by atoms with E-state index in [1.54, 1.807) is 0 Å². The Morgan fingerprint density at radius 3 is 2.50 bits per heavy atom. The van der Waals surface area contributed by atoms with Gasteiger partial charge in [-0.05, 0) is 24.6 Å². The summed E-state index contributed by atoms with van der Waals surface area (Å²) in [4.78, 5) is 11.2. The van der Waals surface area contributed by atoms with E-state index in [1.165, 1.54) is 0 Å². The molecule has 1 atom stereocenters. The van der Waals surface area contributed by atoms with Crippen LogP contribution in [0, 0.1) is 0 Å². The summed E-state index contributed by atoms with van der Waals surface area (Å²) in [5.41, 5.74) is 4.45. The van der Waals surface area contributed by atoms with Gasteiger partial charge in [0, 0.05) is 12.6 Å². The second-order valence-corrected chi connectivity index (χ2v) is 7.26. The average molecular weight is 418 g/mol. The van der Waals surface area contributed by atoms with Crippen molar-refractivity contribution in [1.82, 2.24) is 10.0 Å². The molecular weight excluding hydrogens is 395 g/mol. The first-order valence-corrected chi connectivity index (χ1v) is 9.24. The zero-order chi connectivity index (χ0) is 19.1. The molecule has 0 aliphatic carbocycles. The number of carbonyl (C=O) groups is 1. The van der Waals surface area contributed by atoms with Crippen LogP contribution in [0.5, 0.6) is 0 Å². The monoisotopic (exact) mass is 417 g/mol. The maximum Gasteiger partial charge on any atom is 0.416 e. The molecule has 0 saturated carbocycles. The largest absolute Gasteiger partial charge is 0.416 e. The molecule has 1 amide bonds. The van der Waals surface area contributed by atoms with Gasteiger partial charge >= 0.3 is 6.18 Å². The van der Waals surface area contributed by atoms with Crippen LogP contribution in [-0.4, -0.2) is 33.5 Å². The number of hydrogen-bond donors (Lipinski definition) is 3. The maximum absolute atomic E-state index is 12.7. The van der Waals surface area contributed by atoms with Crippen LogP contribution in [0.2, 0.25) is 0 Å². The Kier molecular flexibility index (Phi) is 10.1. The van der Waals surface area contributed by atoms with Crippen molar-refractivity contribution in [3.05, 3.63) is 29.8 Å². The van der Waals surface area contributed by atoms with E-state index in [4.69, 9.17) is 5.73 Å². The first-order chi connectivity index (χ1) is 11.6. The second-order valence-electron chi connectivity index (χ2n) is 5.49. The molecule has 0 heterocycles. The molecule has 6 nitrogen and oxygen atoms in total. The minimum atomic E-state index is -4.66. The maximum atomic E-state index is 12.7. The topological polar surface area (TPSA) is 101 Å². The highest BCUT2D eigenvalue weighted by Gasteiger charge is 2.31. The molecule has 0 bridgehead atoms. The lowest BCUT2D eigenvalue weighted by Gasteiger charge is -2.16. The van der Waals surface area contributed by atoms with Crippen LogP contribution in [-0.2, 0) is 21.0 Å². The van der Waals surface area contributed by atoms with E-state index in [9.17, 15) is 26.4 Å². The van der Waals surface area contributed by atoms with E-state index in [2.05, 4.69) is 5.32 Å². The normalized spacial score (nSPS) is 13.0. The smallest absolute Gasteiger partial charge is 0.351 e. The number of rotatable bonds is 9. The van der Waals surface area contributed by atoms with Crippen molar-refractivity contribution in [2.75, 3.05) is 13.1 Å². The zero-order valence-corrected chi connectivity index (χ0v) is 15.8. The van der Waals surface area contributed by atoms with Crippen LogP contribution in [0.3, 0.4) is 0 Å². The van der Waals surface area contributed by atoms with Gasteiger partial charge in [-0.1, -0.05) is 25.8 Å². The molecule has 0 spiro atoms. The number of benzene rings is 1.